The second-order valence-electron chi connectivity index (χ2n) is 7.76. The first kappa shape index (κ1) is 19.9. The molecule has 2 atom stereocenters. The number of fused-ring (bicyclic) bond motifs is 4. The van der Waals surface area contributed by atoms with Crippen molar-refractivity contribution in [3.8, 4) is 17.2 Å². The predicted molar refractivity (Wildman–Crippen MR) is 107 cm³/mol. The Morgan fingerprint density at radius 2 is 2.00 bits per heavy atom. The Hall–Kier alpha value is -3.44. The van der Waals surface area contributed by atoms with Crippen molar-refractivity contribution in [2.75, 3.05) is 26.3 Å². The number of benzene rings is 1. The van der Waals surface area contributed by atoms with Gasteiger partial charge in [-0.05, 0) is 36.1 Å². The Labute approximate surface area is 172 Å². The summed E-state index contributed by atoms with van der Waals surface area (Å²) in [6.45, 7) is 0.705. The zero-order valence-corrected chi connectivity index (χ0v) is 16.3. The minimum atomic E-state index is -1.11. The summed E-state index contributed by atoms with van der Waals surface area (Å²) in [7, 11) is 0. The van der Waals surface area contributed by atoms with Crippen molar-refractivity contribution in [2.45, 2.75) is 18.9 Å². The number of carbonyl (C=O) groups excluding carboxylic acids is 1. The van der Waals surface area contributed by atoms with E-state index in [0.717, 1.165) is 23.2 Å². The van der Waals surface area contributed by atoms with Gasteiger partial charge in [-0.15, -0.1) is 0 Å². The lowest BCUT2D eigenvalue weighted by atomic mass is 9.80. The van der Waals surface area contributed by atoms with Gasteiger partial charge in [-0.1, -0.05) is 12.1 Å². The molecule has 3 heterocycles. The molecule has 0 unspecified atom stereocenters. The van der Waals surface area contributed by atoms with Crippen LogP contribution in [0.4, 0.5) is 0 Å². The number of hydrogen-bond acceptors (Lipinski definition) is 5. The molecule has 1 N–H and O–H groups in total. The van der Waals surface area contributed by atoms with E-state index >= 15 is 0 Å². The van der Waals surface area contributed by atoms with Crippen molar-refractivity contribution in [3.63, 3.8) is 0 Å². The molecular weight excluding hydrogens is 386 g/mol. The number of aromatic nitrogens is 1. The monoisotopic (exact) mass is 407 g/mol. The first-order valence-corrected chi connectivity index (χ1v) is 9.78. The largest absolute Gasteiger partial charge is 0.480 e. The van der Waals surface area contributed by atoms with Crippen LogP contribution in [0.15, 0.2) is 41.2 Å². The van der Waals surface area contributed by atoms with Gasteiger partial charge >= 0.3 is 5.97 Å². The van der Waals surface area contributed by atoms with Crippen LogP contribution in [0, 0.1) is 17.2 Å². The van der Waals surface area contributed by atoms with Gasteiger partial charge in [-0.25, -0.2) is 4.79 Å². The highest BCUT2D eigenvalue weighted by Crippen LogP contribution is 2.40. The molecule has 1 saturated heterocycles. The lowest BCUT2D eigenvalue weighted by Crippen LogP contribution is -2.50. The Kier molecular flexibility index (Phi) is 5.38. The zero-order chi connectivity index (χ0) is 21.3. The Morgan fingerprint density at radius 3 is 2.77 bits per heavy atom. The molecule has 2 aliphatic heterocycles. The maximum absolute atomic E-state index is 12.6. The second-order valence-corrected chi connectivity index (χ2v) is 7.76. The number of amides is 1. The van der Waals surface area contributed by atoms with Gasteiger partial charge in [0.15, 0.2) is 0 Å². The van der Waals surface area contributed by atoms with Gasteiger partial charge in [-0.3, -0.25) is 9.59 Å². The molecule has 30 heavy (non-hydrogen) atoms. The molecule has 2 aromatic rings. The first-order valence-electron chi connectivity index (χ1n) is 9.78. The smallest absolute Gasteiger partial charge is 0.329 e. The van der Waals surface area contributed by atoms with Crippen LogP contribution in [0.1, 0.15) is 23.6 Å². The Morgan fingerprint density at radius 1 is 1.17 bits per heavy atom. The van der Waals surface area contributed by atoms with E-state index in [2.05, 4.69) is 6.07 Å². The van der Waals surface area contributed by atoms with Crippen molar-refractivity contribution < 1.29 is 19.4 Å². The van der Waals surface area contributed by atoms with E-state index < -0.39 is 12.6 Å². The van der Waals surface area contributed by atoms with E-state index in [1.807, 2.05) is 12.1 Å². The molecule has 0 radical (unpaired) electrons. The first-order chi connectivity index (χ1) is 14.5. The number of nitrogens with zero attached hydrogens (tertiary/aromatic N) is 3. The van der Waals surface area contributed by atoms with E-state index in [-0.39, 0.29) is 29.9 Å². The van der Waals surface area contributed by atoms with Crippen LogP contribution in [-0.2, 0) is 20.9 Å². The van der Waals surface area contributed by atoms with E-state index in [1.54, 1.807) is 33.7 Å². The van der Waals surface area contributed by atoms with Gasteiger partial charge in [0, 0.05) is 42.9 Å². The summed E-state index contributed by atoms with van der Waals surface area (Å²) in [6.07, 6.45) is 0.869. The van der Waals surface area contributed by atoms with Gasteiger partial charge in [-0.2, -0.15) is 5.26 Å². The maximum atomic E-state index is 12.6. The third-order valence-corrected chi connectivity index (χ3v) is 5.70. The van der Waals surface area contributed by atoms with Gasteiger partial charge in [0.2, 0.25) is 5.91 Å². The van der Waals surface area contributed by atoms with E-state index in [0.29, 0.717) is 25.2 Å². The summed E-state index contributed by atoms with van der Waals surface area (Å²) in [4.78, 5) is 37.4. The SMILES string of the molecule is N#Cc1cccc(-c2ccc(=O)n3c2[C@@H]2C[C@@H](CN(C(=O)COCC(=O)O)C2)C3)c1. The fraction of sp³-hybridized carbons (Fsp3) is 0.364. The van der Waals surface area contributed by atoms with Crippen LogP contribution < -0.4 is 5.56 Å². The van der Waals surface area contributed by atoms with Gasteiger partial charge in [0.05, 0.1) is 11.6 Å². The molecule has 1 aromatic carbocycles. The fourth-order valence-electron chi connectivity index (χ4n) is 4.54. The van der Waals surface area contributed by atoms with Crippen LogP contribution >= 0.6 is 0 Å². The summed E-state index contributed by atoms with van der Waals surface area (Å²) in [5.74, 6) is -1.23. The van der Waals surface area contributed by atoms with Crippen LogP contribution in [0.5, 0.6) is 0 Å². The minimum absolute atomic E-state index is 0.0180. The third-order valence-electron chi connectivity index (χ3n) is 5.70. The summed E-state index contributed by atoms with van der Waals surface area (Å²) in [5, 5.41) is 17.9. The number of ether oxygens (including phenoxy) is 1. The second kappa shape index (κ2) is 8.13. The molecule has 0 spiro atoms. The van der Waals surface area contributed by atoms with Crippen LogP contribution in [0.2, 0.25) is 0 Å². The number of rotatable bonds is 5. The van der Waals surface area contributed by atoms with Gasteiger partial charge in [0.1, 0.15) is 13.2 Å². The van der Waals surface area contributed by atoms with Crippen LogP contribution in [0.3, 0.4) is 0 Å². The number of carbonyl (C=O) groups is 2. The number of likely N-dealkylation sites (tertiary alicyclic amines) is 1. The molecular formula is C22H21N3O5. The number of pyridine rings is 1. The molecule has 0 saturated carbocycles. The fourth-order valence-corrected chi connectivity index (χ4v) is 4.54. The zero-order valence-electron chi connectivity index (χ0n) is 16.3. The lowest BCUT2D eigenvalue weighted by molar-refractivity contribution is -0.146. The quantitative estimate of drug-likeness (QED) is 0.802. The van der Waals surface area contributed by atoms with Crippen molar-refractivity contribution >= 4 is 11.9 Å². The molecule has 2 aliphatic rings. The summed E-state index contributed by atoms with van der Waals surface area (Å²) in [6, 6.07) is 12.8. The lowest BCUT2D eigenvalue weighted by Gasteiger charge is -2.43. The summed E-state index contributed by atoms with van der Waals surface area (Å²) >= 11 is 0. The number of aliphatic carboxylic acids is 1. The molecule has 1 aromatic heterocycles. The topological polar surface area (TPSA) is 113 Å². The number of carboxylic acid groups (broad SMARTS) is 1. The normalized spacial score (nSPS) is 19.6. The van der Waals surface area contributed by atoms with Crippen molar-refractivity contribution in [1.29, 1.82) is 5.26 Å². The van der Waals surface area contributed by atoms with E-state index in [1.165, 1.54) is 0 Å². The molecule has 1 fully saturated rings. The molecule has 8 heteroatoms. The van der Waals surface area contributed by atoms with Crippen molar-refractivity contribution in [2.24, 2.45) is 5.92 Å². The van der Waals surface area contributed by atoms with Crippen molar-refractivity contribution in [1.82, 2.24) is 9.47 Å². The molecule has 4 rings (SSSR count). The molecule has 1 amide bonds. The van der Waals surface area contributed by atoms with Gasteiger partial charge < -0.3 is 19.3 Å². The average molecular weight is 407 g/mol. The number of piperidine rings is 1. The minimum Gasteiger partial charge on any atom is -0.480 e. The third kappa shape index (κ3) is 3.84. The highest BCUT2D eigenvalue weighted by atomic mass is 16.5. The molecule has 0 aliphatic carbocycles. The summed E-state index contributed by atoms with van der Waals surface area (Å²) in [5.41, 5.74) is 3.13. The predicted octanol–water partition coefficient (Wildman–Crippen LogP) is 1.43. The highest BCUT2D eigenvalue weighted by Gasteiger charge is 2.37. The molecule has 2 bridgehead atoms. The highest BCUT2D eigenvalue weighted by molar-refractivity contribution is 5.78. The van der Waals surface area contributed by atoms with Crippen molar-refractivity contribution in [3.05, 3.63) is 58.0 Å². The number of hydrogen-bond donors (Lipinski definition) is 1. The Bertz CT molecular complexity index is 1100. The van der Waals surface area contributed by atoms with Crippen LogP contribution in [-0.4, -0.2) is 52.8 Å². The van der Waals surface area contributed by atoms with Crippen LogP contribution in [0.25, 0.3) is 11.1 Å². The number of nitriles is 1. The molecule has 8 nitrogen and oxygen atoms in total. The van der Waals surface area contributed by atoms with Gasteiger partial charge in [0.25, 0.3) is 5.56 Å². The number of carboxylic acids is 1. The summed E-state index contributed by atoms with van der Waals surface area (Å²) < 4.78 is 6.76. The standard InChI is InChI=1S/C22H21N3O5/c23-8-14-2-1-3-16(6-14)18-4-5-19(26)25-10-15-7-17(22(18)25)11-24(9-15)20(27)12-30-13-21(28)29/h1-6,15,17H,7,9-13H2,(H,28,29)/t15-,17+/m0/s1. The maximum Gasteiger partial charge on any atom is 0.329 e. The van der Waals surface area contributed by atoms with E-state index in [4.69, 9.17) is 9.84 Å². The Balaban J connectivity index is 1.65. The average Bonchev–Trinajstić information content (AvgIpc) is 2.74. The van der Waals surface area contributed by atoms with E-state index in [9.17, 15) is 19.6 Å². The molecule has 154 valence electrons.